The number of aromatic nitrogens is 2. The van der Waals surface area contributed by atoms with Crippen LogP contribution in [-0.2, 0) is 0 Å². The zero-order valence-electron chi connectivity index (χ0n) is 12.0. The van der Waals surface area contributed by atoms with Crippen LogP contribution in [0.1, 0.15) is 36.7 Å². The van der Waals surface area contributed by atoms with Crippen LogP contribution >= 0.6 is 0 Å². The minimum atomic E-state index is -0.285. The summed E-state index contributed by atoms with van der Waals surface area (Å²) in [5.41, 5.74) is 1.93. The lowest BCUT2D eigenvalue weighted by Crippen LogP contribution is -2.42. The maximum absolute atomic E-state index is 12.9. The van der Waals surface area contributed by atoms with Gasteiger partial charge in [0.25, 0.3) is 5.91 Å². The van der Waals surface area contributed by atoms with E-state index < -0.39 is 0 Å². The predicted octanol–water partition coefficient (Wildman–Crippen LogP) is 3.23. The first kappa shape index (κ1) is 13.8. The van der Waals surface area contributed by atoms with Crippen LogP contribution in [0.2, 0.25) is 0 Å². The summed E-state index contributed by atoms with van der Waals surface area (Å²) in [5.74, 6) is -0.296. The Morgan fingerprint density at radius 3 is 2.81 bits per heavy atom. The molecule has 1 aromatic carbocycles. The highest BCUT2D eigenvalue weighted by molar-refractivity contribution is 5.93. The molecule has 110 valence electrons. The SMILES string of the molecule is C[C@H]1CCCCN1C(=O)c1cc(-c2ccc(F)cc2)n[nH]1. The molecule has 0 unspecified atom stereocenters. The maximum atomic E-state index is 12.9. The lowest BCUT2D eigenvalue weighted by Gasteiger charge is -2.32. The van der Waals surface area contributed by atoms with E-state index in [2.05, 4.69) is 17.1 Å². The van der Waals surface area contributed by atoms with E-state index in [1.165, 1.54) is 18.6 Å². The molecule has 1 saturated heterocycles. The fourth-order valence-corrected chi connectivity index (χ4v) is 2.75. The summed E-state index contributed by atoms with van der Waals surface area (Å²) in [4.78, 5) is 14.4. The van der Waals surface area contributed by atoms with E-state index in [-0.39, 0.29) is 17.8 Å². The number of rotatable bonds is 2. The van der Waals surface area contributed by atoms with E-state index >= 15 is 0 Å². The van der Waals surface area contributed by atoms with Gasteiger partial charge in [0.1, 0.15) is 11.5 Å². The lowest BCUT2D eigenvalue weighted by molar-refractivity contribution is 0.0629. The molecule has 21 heavy (non-hydrogen) atoms. The van der Waals surface area contributed by atoms with Gasteiger partial charge in [-0.05, 0) is 56.5 Å². The Bertz CT molecular complexity index is 635. The topological polar surface area (TPSA) is 49.0 Å². The molecule has 5 heteroatoms. The van der Waals surface area contributed by atoms with Crippen molar-refractivity contribution >= 4 is 5.91 Å². The summed E-state index contributed by atoms with van der Waals surface area (Å²) in [6.07, 6.45) is 3.27. The van der Waals surface area contributed by atoms with E-state index in [0.717, 1.165) is 24.9 Å². The molecule has 2 heterocycles. The van der Waals surface area contributed by atoms with E-state index in [9.17, 15) is 9.18 Å². The van der Waals surface area contributed by atoms with Crippen molar-refractivity contribution in [2.75, 3.05) is 6.54 Å². The molecule has 1 N–H and O–H groups in total. The largest absolute Gasteiger partial charge is 0.335 e. The van der Waals surface area contributed by atoms with Gasteiger partial charge in [0.15, 0.2) is 0 Å². The molecule has 4 nitrogen and oxygen atoms in total. The van der Waals surface area contributed by atoms with Crippen LogP contribution in [-0.4, -0.2) is 33.6 Å². The molecule has 1 atom stereocenters. The standard InChI is InChI=1S/C16H18FN3O/c1-11-4-2-3-9-20(11)16(21)15-10-14(18-19-15)12-5-7-13(17)8-6-12/h5-8,10-11H,2-4,9H2,1H3,(H,18,19)/t11-/m0/s1. The molecule has 1 amide bonds. The highest BCUT2D eigenvalue weighted by atomic mass is 19.1. The minimum absolute atomic E-state index is 0.0111. The number of benzene rings is 1. The van der Waals surface area contributed by atoms with Gasteiger partial charge in [-0.25, -0.2) is 4.39 Å². The number of aromatic amines is 1. The van der Waals surface area contributed by atoms with Gasteiger partial charge in [0.05, 0.1) is 5.69 Å². The molecular weight excluding hydrogens is 269 g/mol. The second-order valence-corrected chi connectivity index (χ2v) is 5.52. The molecular formula is C16H18FN3O. The van der Waals surface area contributed by atoms with Crippen molar-refractivity contribution in [1.82, 2.24) is 15.1 Å². The number of halogens is 1. The van der Waals surface area contributed by atoms with E-state index in [4.69, 9.17) is 0 Å². The molecule has 0 saturated carbocycles. The first-order valence-corrected chi connectivity index (χ1v) is 7.27. The second-order valence-electron chi connectivity index (χ2n) is 5.52. The van der Waals surface area contributed by atoms with Gasteiger partial charge < -0.3 is 4.90 Å². The number of nitrogens with one attached hydrogen (secondary N) is 1. The zero-order chi connectivity index (χ0) is 14.8. The van der Waals surface area contributed by atoms with Crippen LogP contribution < -0.4 is 0 Å². The number of nitrogens with zero attached hydrogens (tertiary/aromatic N) is 2. The lowest BCUT2D eigenvalue weighted by atomic mass is 10.0. The number of hydrogen-bond donors (Lipinski definition) is 1. The van der Waals surface area contributed by atoms with Crippen molar-refractivity contribution in [1.29, 1.82) is 0 Å². The molecule has 0 radical (unpaired) electrons. The van der Waals surface area contributed by atoms with Crippen molar-refractivity contribution in [3.63, 3.8) is 0 Å². The summed E-state index contributed by atoms with van der Waals surface area (Å²) in [5, 5.41) is 6.96. The van der Waals surface area contributed by atoms with Crippen LogP contribution in [0, 0.1) is 5.82 Å². The van der Waals surface area contributed by atoms with Gasteiger partial charge in [-0.15, -0.1) is 0 Å². The normalized spacial score (nSPS) is 18.8. The summed E-state index contributed by atoms with van der Waals surface area (Å²) < 4.78 is 12.9. The smallest absolute Gasteiger partial charge is 0.272 e. The van der Waals surface area contributed by atoms with Crippen molar-refractivity contribution in [2.45, 2.75) is 32.2 Å². The van der Waals surface area contributed by atoms with Crippen molar-refractivity contribution in [3.05, 3.63) is 41.8 Å². The first-order valence-electron chi connectivity index (χ1n) is 7.27. The Kier molecular flexibility index (Phi) is 3.73. The van der Waals surface area contributed by atoms with Gasteiger partial charge in [-0.2, -0.15) is 5.10 Å². The zero-order valence-corrected chi connectivity index (χ0v) is 12.0. The summed E-state index contributed by atoms with van der Waals surface area (Å²) >= 11 is 0. The fraction of sp³-hybridized carbons (Fsp3) is 0.375. The van der Waals surface area contributed by atoms with Crippen LogP contribution in [0.3, 0.4) is 0 Å². The third kappa shape index (κ3) is 2.82. The van der Waals surface area contributed by atoms with Gasteiger partial charge in [0.2, 0.25) is 0 Å². The maximum Gasteiger partial charge on any atom is 0.272 e. The van der Waals surface area contributed by atoms with Gasteiger partial charge in [0, 0.05) is 18.2 Å². The van der Waals surface area contributed by atoms with Crippen molar-refractivity contribution in [2.24, 2.45) is 0 Å². The fourth-order valence-electron chi connectivity index (χ4n) is 2.75. The molecule has 0 spiro atoms. The third-order valence-corrected chi connectivity index (χ3v) is 4.01. The molecule has 2 aromatic rings. The van der Waals surface area contributed by atoms with E-state index in [0.29, 0.717) is 11.4 Å². The Labute approximate surface area is 123 Å². The Morgan fingerprint density at radius 1 is 1.33 bits per heavy atom. The van der Waals surface area contributed by atoms with E-state index in [1.807, 2.05) is 4.90 Å². The van der Waals surface area contributed by atoms with Crippen LogP contribution in [0.15, 0.2) is 30.3 Å². The number of carbonyl (C=O) groups is 1. The summed E-state index contributed by atoms with van der Waals surface area (Å²) in [7, 11) is 0. The molecule has 1 fully saturated rings. The predicted molar refractivity (Wildman–Crippen MR) is 78.3 cm³/mol. The molecule has 0 aliphatic carbocycles. The molecule has 3 rings (SSSR count). The second kappa shape index (κ2) is 5.68. The first-order chi connectivity index (χ1) is 10.1. The third-order valence-electron chi connectivity index (χ3n) is 4.01. The Morgan fingerprint density at radius 2 is 2.10 bits per heavy atom. The average molecular weight is 287 g/mol. The van der Waals surface area contributed by atoms with Crippen LogP contribution in [0.5, 0.6) is 0 Å². The highest BCUT2D eigenvalue weighted by Gasteiger charge is 2.25. The number of amides is 1. The number of carbonyl (C=O) groups excluding carboxylic acids is 1. The molecule has 1 aromatic heterocycles. The number of H-pyrrole nitrogens is 1. The molecule has 0 bridgehead atoms. The Hall–Kier alpha value is -2.17. The number of piperidine rings is 1. The minimum Gasteiger partial charge on any atom is -0.335 e. The molecule has 1 aliphatic heterocycles. The Balaban J connectivity index is 1.81. The summed E-state index contributed by atoms with van der Waals surface area (Å²) in [6, 6.07) is 8.09. The number of hydrogen-bond acceptors (Lipinski definition) is 2. The monoisotopic (exact) mass is 287 g/mol. The van der Waals surface area contributed by atoms with Gasteiger partial charge in [-0.1, -0.05) is 0 Å². The van der Waals surface area contributed by atoms with Gasteiger partial charge >= 0.3 is 0 Å². The molecule has 1 aliphatic rings. The van der Waals surface area contributed by atoms with Crippen LogP contribution in [0.4, 0.5) is 4.39 Å². The average Bonchev–Trinajstić information content (AvgIpc) is 2.98. The van der Waals surface area contributed by atoms with Crippen molar-refractivity contribution < 1.29 is 9.18 Å². The highest BCUT2D eigenvalue weighted by Crippen LogP contribution is 2.22. The van der Waals surface area contributed by atoms with Gasteiger partial charge in [-0.3, -0.25) is 9.89 Å². The van der Waals surface area contributed by atoms with E-state index in [1.54, 1.807) is 18.2 Å². The number of likely N-dealkylation sites (tertiary alicyclic amines) is 1. The summed E-state index contributed by atoms with van der Waals surface area (Å²) in [6.45, 7) is 2.87. The van der Waals surface area contributed by atoms with Crippen LogP contribution in [0.25, 0.3) is 11.3 Å². The van der Waals surface area contributed by atoms with Crippen molar-refractivity contribution in [3.8, 4) is 11.3 Å². The quantitative estimate of drug-likeness (QED) is 0.922.